The normalized spacial score (nSPS) is 11.7. The zero-order valence-electron chi connectivity index (χ0n) is 10.7. The molecule has 0 fully saturated rings. The summed E-state index contributed by atoms with van der Waals surface area (Å²) in [7, 11) is 0. The molecule has 0 spiro atoms. The van der Waals surface area contributed by atoms with Crippen LogP contribution in [0.1, 0.15) is 30.6 Å². The van der Waals surface area contributed by atoms with Crippen LogP contribution in [-0.2, 0) is 4.79 Å². The zero-order valence-corrected chi connectivity index (χ0v) is 10.7. The van der Waals surface area contributed by atoms with E-state index in [1.165, 1.54) is 0 Å². The third kappa shape index (κ3) is 4.55. The summed E-state index contributed by atoms with van der Waals surface area (Å²) in [6.45, 7) is 4.19. The van der Waals surface area contributed by atoms with Crippen molar-refractivity contribution in [1.29, 1.82) is 0 Å². The summed E-state index contributed by atoms with van der Waals surface area (Å²) in [5.41, 5.74) is 6.66. The van der Waals surface area contributed by atoms with Crippen molar-refractivity contribution in [2.45, 2.75) is 26.3 Å². The van der Waals surface area contributed by atoms with Crippen molar-refractivity contribution < 1.29 is 9.59 Å². The van der Waals surface area contributed by atoms with E-state index in [-0.39, 0.29) is 24.3 Å². The van der Waals surface area contributed by atoms with E-state index < -0.39 is 0 Å². The van der Waals surface area contributed by atoms with Gasteiger partial charge in [0.1, 0.15) is 0 Å². The number of carbonyl (C=O) groups is 2. The van der Waals surface area contributed by atoms with Crippen molar-refractivity contribution >= 4 is 17.5 Å². The monoisotopic (exact) mass is 249 g/mol. The van der Waals surface area contributed by atoms with Crippen molar-refractivity contribution in [1.82, 2.24) is 5.32 Å². The van der Waals surface area contributed by atoms with Crippen molar-refractivity contribution in [3.63, 3.8) is 0 Å². The van der Waals surface area contributed by atoms with Crippen LogP contribution < -0.4 is 16.4 Å². The Kier molecular flexibility index (Phi) is 5.32. The molecule has 18 heavy (non-hydrogen) atoms. The molecule has 5 heteroatoms. The molecular weight excluding hydrogens is 230 g/mol. The van der Waals surface area contributed by atoms with Crippen LogP contribution in [0.3, 0.4) is 0 Å². The highest BCUT2D eigenvalue weighted by molar-refractivity contribution is 5.97. The molecule has 0 saturated carbocycles. The molecule has 0 saturated heterocycles. The van der Waals surface area contributed by atoms with Gasteiger partial charge >= 0.3 is 0 Å². The lowest BCUT2D eigenvalue weighted by atomic mass is 10.1. The number of hydrogen-bond acceptors (Lipinski definition) is 3. The van der Waals surface area contributed by atoms with E-state index >= 15 is 0 Å². The Bertz CT molecular complexity index is 430. The van der Waals surface area contributed by atoms with Crippen LogP contribution in [0.25, 0.3) is 0 Å². The van der Waals surface area contributed by atoms with Crippen LogP contribution in [0.4, 0.5) is 5.69 Å². The molecule has 0 aliphatic rings. The molecule has 1 aromatic rings. The summed E-state index contributed by atoms with van der Waals surface area (Å²) in [4.78, 5) is 23.2. The van der Waals surface area contributed by atoms with Crippen LogP contribution in [0.2, 0.25) is 0 Å². The third-order valence-electron chi connectivity index (χ3n) is 2.25. The smallest absolute Gasteiger partial charge is 0.251 e. The Labute approximate surface area is 107 Å². The second-order valence-electron chi connectivity index (χ2n) is 4.17. The van der Waals surface area contributed by atoms with Gasteiger partial charge in [-0.05, 0) is 32.0 Å². The predicted molar refractivity (Wildman–Crippen MR) is 71.3 cm³/mol. The fourth-order valence-electron chi connectivity index (χ4n) is 1.51. The van der Waals surface area contributed by atoms with E-state index in [0.717, 1.165) is 0 Å². The van der Waals surface area contributed by atoms with E-state index in [1.54, 1.807) is 31.2 Å². The first-order valence-corrected chi connectivity index (χ1v) is 5.96. The van der Waals surface area contributed by atoms with Gasteiger partial charge in [-0.3, -0.25) is 9.59 Å². The Morgan fingerprint density at radius 2 is 2.11 bits per heavy atom. The molecule has 98 valence electrons. The van der Waals surface area contributed by atoms with Gasteiger partial charge in [-0.15, -0.1) is 0 Å². The summed E-state index contributed by atoms with van der Waals surface area (Å²) >= 11 is 0. The number of amides is 2. The molecule has 0 radical (unpaired) electrons. The average molecular weight is 249 g/mol. The van der Waals surface area contributed by atoms with Crippen LogP contribution in [0, 0.1) is 0 Å². The molecule has 1 unspecified atom stereocenters. The van der Waals surface area contributed by atoms with E-state index in [9.17, 15) is 9.59 Å². The summed E-state index contributed by atoms with van der Waals surface area (Å²) in [5, 5.41) is 5.41. The second kappa shape index (κ2) is 6.76. The number of hydrogen-bond donors (Lipinski definition) is 3. The lowest BCUT2D eigenvalue weighted by Gasteiger charge is -2.08. The first-order valence-electron chi connectivity index (χ1n) is 5.96. The number of nitrogens with two attached hydrogens (primary N) is 1. The Morgan fingerprint density at radius 3 is 2.72 bits per heavy atom. The molecular formula is C13H19N3O2. The molecule has 4 N–H and O–H groups in total. The van der Waals surface area contributed by atoms with Gasteiger partial charge in [-0.1, -0.05) is 6.07 Å². The SMILES string of the molecule is CCNC(=O)c1cccc(NC(=O)CC(C)N)c1. The number of rotatable bonds is 5. The molecule has 5 nitrogen and oxygen atoms in total. The van der Waals surface area contributed by atoms with Crippen molar-refractivity contribution in [3.05, 3.63) is 29.8 Å². The largest absolute Gasteiger partial charge is 0.352 e. The summed E-state index contributed by atoms with van der Waals surface area (Å²) in [6.07, 6.45) is 0.255. The summed E-state index contributed by atoms with van der Waals surface area (Å²) < 4.78 is 0. The van der Waals surface area contributed by atoms with Crippen LogP contribution in [-0.4, -0.2) is 24.4 Å². The molecule has 1 aromatic carbocycles. The maximum Gasteiger partial charge on any atom is 0.251 e. The van der Waals surface area contributed by atoms with Gasteiger partial charge in [0.15, 0.2) is 0 Å². The average Bonchev–Trinajstić information content (AvgIpc) is 2.28. The number of benzene rings is 1. The summed E-state index contributed by atoms with van der Waals surface area (Å²) in [6, 6.07) is 6.63. The van der Waals surface area contributed by atoms with E-state index in [0.29, 0.717) is 17.8 Å². The number of carbonyl (C=O) groups excluding carboxylic acids is 2. The highest BCUT2D eigenvalue weighted by Gasteiger charge is 2.08. The standard InChI is InChI=1S/C13H19N3O2/c1-3-15-13(18)10-5-4-6-11(8-10)16-12(17)7-9(2)14/h4-6,8-9H,3,7,14H2,1-2H3,(H,15,18)(H,16,17). The quantitative estimate of drug-likeness (QED) is 0.731. The van der Waals surface area contributed by atoms with Crippen molar-refractivity contribution in [2.24, 2.45) is 5.73 Å². The fraction of sp³-hybridized carbons (Fsp3) is 0.385. The Hall–Kier alpha value is -1.88. The molecule has 0 bridgehead atoms. The van der Waals surface area contributed by atoms with E-state index in [2.05, 4.69) is 10.6 Å². The van der Waals surface area contributed by atoms with Crippen molar-refractivity contribution in [2.75, 3.05) is 11.9 Å². The summed E-state index contributed by atoms with van der Waals surface area (Å²) in [5.74, 6) is -0.307. The topological polar surface area (TPSA) is 84.2 Å². The maximum atomic E-state index is 11.6. The van der Waals surface area contributed by atoms with Gasteiger partial charge in [0.25, 0.3) is 5.91 Å². The molecule has 0 aliphatic carbocycles. The minimum Gasteiger partial charge on any atom is -0.352 e. The van der Waals surface area contributed by atoms with Crippen LogP contribution in [0.15, 0.2) is 24.3 Å². The van der Waals surface area contributed by atoms with Crippen LogP contribution >= 0.6 is 0 Å². The van der Waals surface area contributed by atoms with Crippen molar-refractivity contribution in [3.8, 4) is 0 Å². The highest BCUT2D eigenvalue weighted by atomic mass is 16.2. The minimum atomic E-state index is -0.184. The van der Waals surface area contributed by atoms with Gasteiger partial charge in [0.05, 0.1) is 0 Å². The zero-order chi connectivity index (χ0) is 13.5. The Balaban J connectivity index is 2.70. The Morgan fingerprint density at radius 1 is 1.39 bits per heavy atom. The first-order chi connectivity index (χ1) is 8.52. The molecule has 1 atom stereocenters. The van der Waals surface area contributed by atoms with E-state index in [4.69, 9.17) is 5.73 Å². The van der Waals surface area contributed by atoms with Crippen LogP contribution in [0.5, 0.6) is 0 Å². The fourth-order valence-corrected chi connectivity index (χ4v) is 1.51. The molecule has 1 rings (SSSR count). The maximum absolute atomic E-state index is 11.6. The van der Waals surface area contributed by atoms with Gasteiger partial charge in [0, 0.05) is 30.3 Å². The molecule has 0 aromatic heterocycles. The number of anilines is 1. The lowest BCUT2D eigenvalue weighted by molar-refractivity contribution is -0.116. The molecule has 2 amide bonds. The van der Waals surface area contributed by atoms with Gasteiger partial charge in [0.2, 0.25) is 5.91 Å². The number of nitrogens with one attached hydrogen (secondary N) is 2. The highest BCUT2D eigenvalue weighted by Crippen LogP contribution is 2.11. The molecule has 0 aliphatic heterocycles. The third-order valence-corrected chi connectivity index (χ3v) is 2.25. The van der Waals surface area contributed by atoms with Gasteiger partial charge in [-0.25, -0.2) is 0 Å². The van der Waals surface area contributed by atoms with E-state index in [1.807, 2.05) is 6.92 Å². The predicted octanol–water partition coefficient (Wildman–Crippen LogP) is 1.11. The lowest BCUT2D eigenvalue weighted by Crippen LogP contribution is -2.25. The second-order valence-corrected chi connectivity index (χ2v) is 4.17. The first kappa shape index (κ1) is 14.2. The van der Waals surface area contributed by atoms with Gasteiger partial charge < -0.3 is 16.4 Å². The van der Waals surface area contributed by atoms with Gasteiger partial charge in [-0.2, -0.15) is 0 Å². The minimum absolute atomic E-state index is 0.152. The molecule has 0 heterocycles.